The van der Waals surface area contributed by atoms with Crippen molar-refractivity contribution in [2.24, 2.45) is 0 Å². The van der Waals surface area contributed by atoms with Crippen molar-refractivity contribution in [2.45, 2.75) is 5.41 Å². The van der Waals surface area contributed by atoms with Crippen LogP contribution in [0.25, 0.3) is 64.4 Å². The smallest absolute Gasteiger partial charge is 0.137 e. The van der Waals surface area contributed by atoms with Crippen molar-refractivity contribution < 1.29 is 4.42 Å². The molecule has 14 rings (SSSR count). The number of hydrogen-bond donors (Lipinski definition) is 0. The van der Waals surface area contributed by atoms with E-state index in [2.05, 4.69) is 234 Å². The summed E-state index contributed by atoms with van der Waals surface area (Å²) in [6.07, 6.45) is 0. The largest absolute Gasteiger partial charge is 0.456 e. The van der Waals surface area contributed by atoms with E-state index in [9.17, 15) is 0 Å². The lowest BCUT2D eigenvalue weighted by Crippen LogP contribution is -2.26. The molecule has 0 amide bonds. The Balaban J connectivity index is 1.05. The number of anilines is 6. The molecule has 2 aliphatic carbocycles. The minimum atomic E-state index is -0.582. The summed E-state index contributed by atoms with van der Waals surface area (Å²) >= 11 is 1.86. The fourth-order valence-corrected chi connectivity index (χ4v) is 12.4. The second kappa shape index (κ2) is 13.9. The maximum Gasteiger partial charge on any atom is 0.137 e. The Morgan fingerprint density at radius 1 is 0.323 bits per heavy atom. The van der Waals surface area contributed by atoms with Gasteiger partial charge in [0.1, 0.15) is 11.2 Å². The predicted molar refractivity (Wildman–Crippen MR) is 272 cm³/mol. The predicted octanol–water partition coefficient (Wildman–Crippen LogP) is 17.2. The summed E-state index contributed by atoms with van der Waals surface area (Å²) in [6, 6.07) is 84.6. The summed E-state index contributed by atoms with van der Waals surface area (Å²) in [5, 5.41) is 4.78. The van der Waals surface area contributed by atoms with Crippen LogP contribution in [0.4, 0.5) is 34.1 Å². The van der Waals surface area contributed by atoms with Crippen LogP contribution in [-0.2, 0) is 5.41 Å². The van der Waals surface area contributed by atoms with Gasteiger partial charge in [-0.15, -0.1) is 11.3 Å². The van der Waals surface area contributed by atoms with Crippen LogP contribution in [0.2, 0.25) is 0 Å². The van der Waals surface area contributed by atoms with Gasteiger partial charge in [-0.2, -0.15) is 0 Å². The number of fused-ring (bicyclic) bond motifs is 16. The Kier molecular flexibility index (Phi) is 7.77. The van der Waals surface area contributed by atoms with Crippen LogP contribution in [0.1, 0.15) is 22.3 Å². The lowest BCUT2D eigenvalue weighted by molar-refractivity contribution is 0.669. The number of benzene rings is 10. The van der Waals surface area contributed by atoms with Crippen molar-refractivity contribution in [2.75, 3.05) is 9.80 Å². The highest BCUT2D eigenvalue weighted by molar-refractivity contribution is 7.26. The van der Waals surface area contributed by atoms with Crippen LogP contribution >= 0.6 is 11.3 Å². The number of thiophene rings is 1. The van der Waals surface area contributed by atoms with E-state index < -0.39 is 5.41 Å². The fourth-order valence-electron chi connectivity index (χ4n) is 11.2. The van der Waals surface area contributed by atoms with Crippen molar-refractivity contribution >= 4 is 87.6 Å². The van der Waals surface area contributed by atoms with Gasteiger partial charge in [0.25, 0.3) is 0 Å². The lowest BCUT2D eigenvalue weighted by atomic mass is 9.70. The first-order valence-electron chi connectivity index (χ1n) is 22.2. The van der Waals surface area contributed by atoms with E-state index in [1.165, 1.54) is 64.7 Å². The van der Waals surface area contributed by atoms with Crippen LogP contribution in [0.15, 0.2) is 235 Å². The molecule has 0 bridgehead atoms. The molecule has 3 nitrogen and oxygen atoms in total. The third kappa shape index (κ3) is 5.17. The quantitative estimate of drug-likeness (QED) is 0.166. The molecular weight excluding hydrogens is 809 g/mol. The molecule has 0 radical (unpaired) electrons. The second-order valence-corrected chi connectivity index (χ2v) is 18.2. The molecule has 304 valence electrons. The van der Waals surface area contributed by atoms with Gasteiger partial charge in [0, 0.05) is 60.7 Å². The Morgan fingerprint density at radius 3 is 1.52 bits per heavy atom. The topological polar surface area (TPSA) is 19.6 Å². The molecule has 4 heteroatoms. The normalized spacial score (nSPS) is 13.0. The molecule has 2 aromatic heterocycles. The van der Waals surface area contributed by atoms with E-state index in [0.717, 1.165) is 56.1 Å². The van der Waals surface area contributed by atoms with Gasteiger partial charge in [0.05, 0.1) is 15.8 Å². The van der Waals surface area contributed by atoms with Crippen molar-refractivity contribution in [3.63, 3.8) is 0 Å². The van der Waals surface area contributed by atoms with Gasteiger partial charge >= 0.3 is 0 Å². The molecule has 2 heterocycles. The van der Waals surface area contributed by atoms with Gasteiger partial charge in [0.2, 0.25) is 0 Å². The molecule has 0 fully saturated rings. The molecule has 0 saturated carbocycles. The maximum absolute atomic E-state index is 6.59. The summed E-state index contributed by atoms with van der Waals surface area (Å²) < 4.78 is 9.12. The fraction of sp³-hybridized carbons (Fsp3) is 0.0164. The SMILES string of the molecule is c1ccc(N(c2ccccc2)c2ccc3c(c2)C2(c4ccccc4-c4ccccc42)c2cc(N(c4ccc5c(c4)oc4ccccc45)c4cccc5c4sc4ccccc45)ccc2-3)cc1. The summed E-state index contributed by atoms with van der Waals surface area (Å²) in [7, 11) is 0. The van der Waals surface area contributed by atoms with Gasteiger partial charge in [-0.05, 0) is 123 Å². The van der Waals surface area contributed by atoms with Crippen LogP contribution < -0.4 is 9.80 Å². The van der Waals surface area contributed by atoms with E-state index in [4.69, 9.17) is 4.42 Å². The molecular formula is C61H38N2OS. The Morgan fingerprint density at radius 2 is 0.831 bits per heavy atom. The minimum Gasteiger partial charge on any atom is -0.456 e. The molecule has 1 spiro atoms. The average molecular weight is 847 g/mol. The Hall–Kier alpha value is -8.18. The van der Waals surface area contributed by atoms with E-state index in [1.807, 2.05) is 17.4 Å². The molecule has 0 N–H and O–H groups in total. The van der Waals surface area contributed by atoms with Gasteiger partial charge in [0.15, 0.2) is 0 Å². The second-order valence-electron chi connectivity index (χ2n) is 17.2. The maximum atomic E-state index is 6.59. The highest BCUT2D eigenvalue weighted by atomic mass is 32.1. The van der Waals surface area contributed by atoms with Crippen LogP contribution in [-0.4, -0.2) is 0 Å². The molecule has 65 heavy (non-hydrogen) atoms. The van der Waals surface area contributed by atoms with E-state index in [0.29, 0.717) is 0 Å². The molecule has 12 aromatic rings. The zero-order valence-electron chi connectivity index (χ0n) is 35.2. The number of furan rings is 1. The number of para-hydroxylation sites is 3. The van der Waals surface area contributed by atoms with Gasteiger partial charge in [-0.1, -0.05) is 146 Å². The first-order valence-corrected chi connectivity index (χ1v) is 23.1. The first kappa shape index (κ1) is 36.3. The zero-order chi connectivity index (χ0) is 42.6. The van der Waals surface area contributed by atoms with Crippen molar-refractivity contribution in [3.05, 3.63) is 253 Å². The average Bonchev–Trinajstić information content (AvgIpc) is 4.10. The van der Waals surface area contributed by atoms with E-state index >= 15 is 0 Å². The standard InChI is InChI=1S/C61H38N2OS/c1-3-16-39(17-4-1)62(40-18-5-2-6-19-40)41-30-33-46-47-34-31-42(37-55(47)61(54(46)36-41)52-25-11-7-20-44(52)45-21-8-12-26-53(45)61)63(43-32-35-49-48-22-9-13-28-57(48)64-58(49)38-43)56-27-15-24-51-50-23-10-14-29-59(50)65-60(51)56/h1-38H. The van der Waals surface area contributed by atoms with E-state index in [1.54, 1.807) is 0 Å². The third-order valence-corrected chi connectivity index (χ3v) is 15.1. The molecule has 0 atom stereocenters. The van der Waals surface area contributed by atoms with Gasteiger partial charge in [-0.25, -0.2) is 0 Å². The summed E-state index contributed by atoms with van der Waals surface area (Å²) in [6.45, 7) is 0. The number of hydrogen-bond acceptors (Lipinski definition) is 4. The van der Waals surface area contributed by atoms with Crippen molar-refractivity contribution in [1.82, 2.24) is 0 Å². The molecule has 10 aromatic carbocycles. The third-order valence-electron chi connectivity index (χ3n) is 13.8. The lowest BCUT2D eigenvalue weighted by Gasteiger charge is -2.33. The van der Waals surface area contributed by atoms with E-state index in [-0.39, 0.29) is 0 Å². The Bertz CT molecular complexity index is 3780. The van der Waals surface area contributed by atoms with Crippen LogP contribution in [0.3, 0.4) is 0 Å². The van der Waals surface area contributed by atoms with Crippen LogP contribution in [0, 0.1) is 0 Å². The van der Waals surface area contributed by atoms with Crippen molar-refractivity contribution in [3.8, 4) is 22.3 Å². The monoisotopic (exact) mass is 846 g/mol. The first-order chi connectivity index (χ1) is 32.2. The van der Waals surface area contributed by atoms with Crippen LogP contribution in [0.5, 0.6) is 0 Å². The highest BCUT2D eigenvalue weighted by Gasteiger charge is 2.52. The minimum absolute atomic E-state index is 0.582. The molecule has 2 aliphatic rings. The van der Waals surface area contributed by atoms with Gasteiger partial charge < -0.3 is 14.2 Å². The summed E-state index contributed by atoms with van der Waals surface area (Å²) in [5.41, 5.74) is 18.1. The Labute approximate surface area is 380 Å². The summed E-state index contributed by atoms with van der Waals surface area (Å²) in [4.78, 5) is 4.85. The highest BCUT2D eigenvalue weighted by Crippen LogP contribution is 2.64. The number of nitrogens with zero attached hydrogens (tertiary/aromatic N) is 2. The zero-order valence-corrected chi connectivity index (χ0v) is 36.0. The van der Waals surface area contributed by atoms with Gasteiger partial charge in [-0.3, -0.25) is 0 Å². The molecule has 0 unspecified atom stereocenters. The van der Waals surface area contributed by atoms with Crippen molar-refractivity contribution in [1.29, 1.82) is 0 Å². The number of rotatable bonds is 6. The summed E-state index contributed by atoms with van der Waals surface area (Å²) in [5.74, 6) is 0. The molecule has 0 aliphatic heterocycles. The molecule has 0 saturated heterocycles.